The van der Waals surface area contributed by atoms with Crippen molar-refractivity contribution >= 4 is 11.8 Å². The number of hydrogen-bond acceptors (Lipinski definition) is 3. The number of hydrogen-bond donors (Lipinski definition) is 3. The number of nitrogen functional groups attached to an aromatic ring is 1. The smallest absolute Gasteiger partial charge is 0.337 e. The van der Waals surface area contributed by atoms with Crippen LogP contribution in [0, 0.1) is 0 Å². The van der Waals surface area contributed by atoms with Crippen molar-refractivity contribution in [1.29, 1.82) is 0 Å². The van der Waals surface area contributed by atoms with Crippen LogP contribution in [0.3, 0.4) is 0 Å². The van der Waals surface area contributed by atoms with Crippen molar-refractivity contribution in [2.45, 2.75) is 33.2 Å². The third kappa shape index (κ3) is 2.21. The van der Waals surface area contributed by atoms with Gasteiger partial charge in [0.05, 0.1) is 17.0 Å². The maximum Gasteiger partial charge on any atom is 0.337 e. The quantitative estimate of drug-likeness (QED) is 0.733. The van der Waals surface area contributed by atoms with Gasteiger partial charge in [-0.2, -0.15) is 5.10 Å². The first-order valence-corrected chi connectivity index (χ1v) is 6.43. The summed E-state index contributed by atoms with van der Waals surface area (Å²) < 4.78 is 1.94. The summed E-state index contributed by atoms with van der Waals surface area (Å²) in [6, 6.07) is 1.66. The van der Waals surface area contributed by atoms with E-state index in [4.69, 9.17) is 10.8 Å². The molecule has 3 rings (SSSR count). The van der Waals surface area contributed by atoms with Crippen molar-refractivity contribution in [1.82, 2.24) is 14.8 Å². The van der Waals surface area contributed by atoms with E-state index in [1.54, 1.807) is 12.3 Å². The fourth-order valence-electron chi connectivity index (χ4n) is 2.29. The molecule has 0 saturated heterocycles. The van der Waals surface area contributed by atoms with Gasteiger partial charge in [0.25, 0.3) is 0 Å². The molecule has 19 heavy (non-hydrogen) atoms. The molecule has 1 aliphatic rings. The molecular formula is C13H18N4O2. The molecule has 0 bridgehead atoms. The second-order valence-corrected chi connectivity index (χ2v) is 4.18. The summed E-state index contributed by atoms with van der Waals surface area (Å²) in [6.07, 6.45) is 3.45. The van der Waals surface area contributed by atoms with Gasteiger partial charge in [-0.05, 0) is 18.9 Å². The Morgan fingerprint density at radius 3 is 2.95 bits per heavy atom. The lowest BCUT2D eigenvalue weighted by atomic mass is 10.1. The fraction of sp³-hybridized carbons (Fsp3) is 0.385. The van der Waals surface area contributed by atoms with Gasteiger partial charge in [-0.25, -0.2) is 4.79 Å². The molecule has 4 N–H and O–H groups in total. The number of nitrogens with zero attached hydrogens (tertiary/aromatic N) is 2. The number of carbonyl (C=O) groups is 1. The summed E-state index contributed by atoms with van der Waals surface area (Å²) in [4.78, 5) is 11.0. The molecule has 2 aromatic heterocycles. The number of aromatic amines is 1. The van der Waals surface area contributed by atoms with Crippen LogP contribution in [0.15, 0.2) is 12.3 Å². The van der Waals surface area contributed by atoms with Crippen LogP contribution in [0.5, 0.6) is 0 Å². The summed E-state index contributed by atoms with van der Waals surface area (Å²) in [5, 5.41) is 15.9. The highest BCUT2D eigenvalue weighted by atomic mass is 16.4. The van der Waals surface area contributed by atoms with Crippen LogP contribution in [-0.4, -0.2) is 25.8 Å². The zero-order chi connectivity index (χ0) is 14.0. The van der Waals surface area contributed by atoms with Crippen molar-refractivity contribution in [2.75, 3.05) is 5.73 Å². The van der Waals surface area contributed by atoms with Gasteiger partial charge in [0.2, 0.25) is 0 Å². The lowest BCUT2D eigenvalue weighted by molar-refractivity contribution is 0.0697. The molecule has 0 aromatic carbocycles. The predicted molar refractivity (Wildman–Crippen MR) is 73.1 cm³/mol. The Morgan fingerprint density at radius 2 is 2.26 bits per heavy atom. The van der Waals surface area contributed by atoms with Crippen LogP contribution < -0.4 is 5.73 Å². The molecule has 1 aliphatic heterocycles. The number of rotatable bonds is 1. The maximum absolute atomic E-state index is 11.0. The Kier molecular flexibility index (Phi) is 3.59. The van der Waals surface area contributed by atoms with Gasteiger partial charge in [0.15, 0.2) is 0 Å². The summed E-state index contributed by atoms with van der Waals surface area (Å²) in [5.41, 5.74) is 8.75. The first kappa shape index (κ1) is 13.2. The van der Waals surface area contributed by atoms with Crippen molar-refractivity contribution < 1.29 is 9.90 Å². The number of aromatic carboxylic acids is 1. The van der Waals surface area contributed by atoms with Gasteiger partial charge in [-0.1, -0.05) is 13.8 Å². The Hall–Kier alpha value is -2.24. The number of anilines is 1. The highest BCUT2D eigenvalue weighted by Crippen LogP contribution is 2.31. The molecule has 0 fully saturated rings. The van der Waals surface area contributed by atoms with E-state index in [1.807, 2.05) is 18.4 Å². The molecule has 3 heterocycles. The van der Waals surface area contributed by atoms with E-state index in [2.05, 4.69) is 10.2 Å². The fourth-order valence-corrected chi connectivity index (χ4v) is 2.29. The zero-order valence-corrected chi connectivity index (χ0v) is 11.1. The average molecular weight is 262 g/mol. The van der Waals surface area contributed by atoms with Gasteiger partial charge >= 0.3 is 5.97 Å². The van der Waals surface area contributed by atoms with Crippen LogP contribution in [0.2, 0.25) is 0 Å². The van der Waals surface area contributed by atoms with E-state index in [9.17, 15) is 4.79 Å². The minimum absolute atomic E-state index is 0.293. The van der Waals surface area contributed by atoms with Crippen LogP contribution in [0.25, 0.3) is 11.4 Å². The van der Waals surface area contributed by atoms with Crippen molar-refractivity contribution in [3.05, 3.63) is 23.4 Å². The molecule has 0 atom stereocenters. The Bertz CT molecular complexity index is 598. The van der Waals surface area contributed by atoms with Crippen LogP contribution in [-0.2, 0) is 13.0 Å². The van der Waals surface area contributed by atoms with Crippen LogP contribution >= 0.6 is 0 Å². The third-order valence-corrected chi connectivity index (χ3v) is 3.12. The number of nitrogens with one attached hydrogen (secondary N) is 1. The number of fused-ring (bicyclic) bond motifs is 3. The molecule has 102 valence electrons. The molecule has 0 spiro atoms. The first-order valence-electron chi connectivity index (χ1n) is 6.43. The summed E-state index contributed by atoms with van der Waals surface area (Å²) >= 11 is 0. The predicted octanol–water partition coefficient (Wildman–Crippen LogP) is 2.13. The van der Waals surface area contributed by atoms with E-state index in [0.29, 0.717) is 11.4 Å². The number of carboxylic acids is 1. The highest BCUT2D eigenvalue weighted by Gasteiger charge is 2.21. The third-order valence-electron chi connectivity index (χ3n) is 3.12. The van der Waals surface area contributed by atoms with Gasteiger partial charge in [-0.15, -0.1) is 0 Å². The molecule has 0 saturated carbocycles. The second-order valence-electron chi connectivity index (χ2n) is 4.18. The first-order chi connectivity index (χ1) is 9.16. The average Bonchev–Trinajstić information content (AvgIpc) is 2.93. The molecule has 6 heteroatoms. The minimum Gasteiger partial charge on any atom is -0.478 e. The van der Waals surface area contributed by atoms with Gasteiger partial charge in [0.1, 0.15) is 5.82 Å². The van der Waals surface area contributed by atoms with Gasteiger partial charge < -0.3 is 15.4 Å². The van der Waals surface area contributed by atoms with E-state index >= 15 is 0 Å². The number of nitrogens with two attached hydrogens (primary N) is 1. The molecule has 0 aliphatic carbocycles. The Morgan fingerprint density at radius 1 is 1.53 bits per heavy atom. The lowest BCUT2D eigenvalue weighted by Gasteiger charge is -2.02. The summed E-state index contributed by atoms with van der Waals surface area (Å²) in [7, 11) is 0. The number of H-pyrrole nitrogens is 1. The largest absolute Gasteiger partial charge is 0.478 e. The molecule has 6 nitrogen and oxygen atoms in total. The molecular weight excluding hydrogens is 244 g/mol. The van der Waals surface area contributed by atoms with Crippen molar-refractivity contribution in [2.24, 2.45) is 0 Å². The van der Waals surface area contributed by atoms with E-state index in [0.717, 1.165) is 36.3 Å². The monoisotopic (exact) mass is 262 g/mol. The van der Waals surface area contributed by atoms with E-state index in [-0.39, 0.29) is 0 Å². The van der Waals surface area contributed by atoms with Crippen LogP contribution in [0.4, 0.5) is 5.82 Å². The standard InChI is InChI=1S/C11H12N4O2.C2H6/c12-10-7-2-1-3-15-5-6(11(16)17)4-8(15)9(7)13-14-10;1-2/h4-5H,1-3H2,(H,16,17)(H3,12,13,14);1-2H3. The van der Waals surface area contributed by atoms with E-state index in [1.165, 1.54) is 0 Å². The van der Waals surface area contributed by atoms with Gasteiger partial charge in [0, 0.05) is 18.3 Å². The normalized spacial score (nSPS) is 12.7. The summed E-state index contributed by atoms with van der Waals surface area (Å²) in [6.45, 7) is 4.80. The van der Waals surface area contributed by atoms with Crippen LogP contribution in [0.1, 0.15) is 36.2 Å². The lowest BCUT2D eigenvalue weighted by Crippen LogP contribution is -1.98. The summed E-state index contributed by atoms with van der Waals surface area (Å²) in [5.74, 6) is -0.411. The number of aryl methyl sites for hydroxylation is 1. The van der Waals surface area contributed by atoms with Crippen molar-refractivity contribution in [3.63, 3.8) is 0 Å². The van der Waals surface area contributed by atoms with E-state index < -0.39 is 5.97 Å². The minimum atomic E-state index is -0.917. The SMILES string of the molecule is CC.Nc1n[nH]c2c1CCCn1cc(C(=O)O)cc1-2. The molecule has 0 amide bonds. The highest BCUT2D eigenvalue weighted by molar-refractivity contribution is 5.89. The zero-order valence-electron chi connectivity index (χ0n) is 11.1. The molecule has 0 unspecified atom stereocenters. The van der Waals surface area contributed by atoms with Crippen molar-refractivity contribution in [3.8, 4) is 11.4 Å². The molecule has 2 aromatic rings. The Labute approximate surface area is 111 Å². The number of carboxylic acid groups (broad SMARTS) is 1. The second kappa shape index (κ2) is 5.17. The van der Waals surface area contributed by atoms with Gasteiger partial charge in [-0.3, -0.25) is 5.10 Å². The Balaban J connectivity index is 0.000000637. The topological polar surface area (TPSA) is 96.9 Å². The molecule has 0 radical (unpaired) electrons. The number of aromatic nitrogens is 3. The maximum atomic E-state index is 11.0.